The summed E-state index contributed by atoms with van der Waals surface area (Å²) in [5, 5.41) is 9.00. The molecule has 2 heterocycles. The molecule has 2 aromatic heterocycles. The Balaban J connectivity index is 1.93. The largest absolute Gasteiger partial charge is 0.480 e. The molecule has 8 heteroatoms. The lowest BCUT2D eigenvalue weighted by Crippen LogP contribution is -2.31. The molecule has 6 nitrogen and oxygen atoms in total. The Morgan fingerprint density at radius 2 is 2.08 bits per heavy atom. The third-order valence-electron chi connectivity index (χ3n) is 3.83. The highest BCUT2D eigenvalue weighted by Crippen LogP contribution is 2.30. The monoisotopic (exact) mass is 375 g/mol. The maximum atomic E-state index is 13.1. The molecule has 0 bridgehead atoms. The normalized spacial score (nSPS) is 11.3. The van der Waals surface area contributed by atoms with Gasteiger partial charge in [-0.1, -0.05) is 19.1 Å². The van der Waals surface area contributed by atoms with E-state index in [1.165, 1.54) is 23.5 Å². The highest BCUT2D eigenvalue weighted by atomic mass is 32.1. The van der Waals surface area contributed by atoms with E-state index < -0.39 is 5.97 Å². The molecule has 1 aromatic carbocycles. The van der Waals surface area contributed by atoms with Gasteiger partial charge in [-0.05, 0) is 36.7 Å². The Labute approximate surface area is 152 Å². The van der Waals surface area contributed by atoms with E-state index in [2.05, 4.69) is 9.97 Å². The van der Waals surface area contributed by atoms with Gasteiger partial charge in [0.05, 0.1) is 18.6 Å². The quantitative estimate of drug-likeness (QED) is 0.663. The number of aromatic amines is 1. The molecule has 0 spiro atoms. The van der Waals surface area contributed by atoms with Crippen LogP contribution >= 0.6 is 11.3 Å². The smallest absolute Gasteiger partial charge is 0.317 e. The van der Waals surface area contributed by atoms with Crippen LogP contribution in [-0.2, 0) is 11.3 Å². The SMILES string of the molecule is CCCN(CC(=O)O)Cc1nc2cc(-c3ccc(F)cc3)sc2c(=O)[nH]1. The number of aliphatic carboxylic acids is 1. The second kappa shape index (κ2) is 7.76. The number of aromatic nitrogens is 2. The molecule has 0 saturated carbocycles. The Kier molecular flexibility index (Phi) is 5.43. The number of rotatable bonds is 7. The first kappa shape index (κ1) is 18.2. The van der Waals surface area contributed by atoms with E-state index in [1.807, 2.05) is 6.92 Å². The number of halogens is 1. The zero-order valence-electron chi connectivity index (χ0n) is 14.2. The average molecular weight is 375 g/mol. The first-order valence-corrected chi connectivity index (χ1v) is 9.00. The minimum absolute atomic E-state index is 0.111. The van der Waals surface area contributed by atoms with Crippen LogP contribution in [0.5, 0.6) is 0 Å². The summed E-state index contributed by atoms with van der Waals surface area (Å²) in [5.74, 6) is -0.806. The van der Waals surface area contributed by atoms with Crippen LogP contribution in [0.25, 0.3) is 20.7 Å². The fourth-order valence-corrected chi connectivity index (χ4v) is 3.75. The fourth-order valence-electron chi connectivity index (χ4n) is 2.75. The van der Waals surface area contributed by atoms with Crippen molar-refractivity contribution in [2.75, 3.05) is 13.1 Å². The van der Waals surface area contributed by atoms with Crippen molar-refractivity contribution in [1.82, 2.24) is 14.9 Å². The predicted octanol–water partition coefficient (Wildman–Crippen LogP) is 3.09. The molecule has 0 aliphatic carbocycles. The number of fused-ring (bicyclic) bond motifs is 1. The van der Waals surface area contributed by atoms with Crippen LogP contribution in [0, 0.1) is 5.82 Å². The Morgan fingerprint density at radius 1 is 1.35 bits per heavy atom. The molecule has 3 rings (SSSR count). The van der Waals surface area contributed by atoms with Gasteiger partial charge in [-0.15, -0.1) is 11.3 Å². The van der Waals surface area contributed by atoms with Crippen molar-refractivity contribution in [2.24, 2.45) is 0 Å². The summed E-state index contributed by atoms with van der Waals surface area (Å²) >= 11 is 1.29. The van der Waals surface area contributed by atoms with Crippen molar-refractivity contribution in [3.05, 3.63) is 52.3 Å². The van der Waals surface area contributed by atoms with Gasteiger partial charge in [-0.25, -0.2) is 9.37 Å². The summed E-state index contributed by atoms with van der Waals surface area (Å²) in [7, 11) is 0. The number of hydrogen-bond donors (Lipinski definition) is 2. The molecule has 0 unspecified atom stereocenters. The first-order valence-electron chi connectivity index (χ1n) is 8.19. The van der Waals surface area contributed by atoms with Gasteiger partial charge in [0.25, 0.3) is 5.56 Å². The average Bonchev–Trinajstić information content (AvgIpc) is 3.00. The summed E-state index contributed by atoms with van der Waals surface area (Å²) in [4.78, 5) is 33.1. The molecule has 26 heavy (non-hydrogen) atoms. The molecule has 0 radical (unpaired) electrons. The van der Waals surface area contributed by atoms with E-state index in [4.69, 9.17) is 5.11 Å². The van der Waals surface area contributed by atoms with Gasteiger partial charge in [-0.2, -0.15) is 0 Å². The van der Waals surface area contributed by atoms with Crippen LogP contribution in [0.1, 0.15) is 19.2 Å². The third kappa shape index (κ3) is 4.14. The zero-order chi connectivity index (χ0) is 18.7. The minimum Gasteiger partial charge on any atom is -0.480 e. The number of thiophene rings is 1. The number of carboxylic acid groups (broad SMARTS) is 1. The third-order valence-corrected chi connectivity index (χ3v) is 5.00. The lowest BCUT2D eigenvalue weighted by molar-refractivity contribution is -0.138. The number of nitrogens with one attached hydrogen (secondary N) is 1. The highest BCUT2D eigenvalue weighted by molar-refractivity contribution is 7.22. The zero-order valence-corrected chi connectivity index (χ0v) is 15.0. The summed E-state index contributed by atoms with van der Waals surface area (Å²) in [6.07, 6.45) is 0.799. The number of H-pyrrole nitrogens is 1. The van der Waals surface area contributed by atoms with Gasteiger partial charge in [0.15, 0.2) is 0 Å². The molecule has 0 aliphatic heterocycles. The molecular weight excluding hydrogens is 357 g/mol. The first-order chi connectivity index (χ1) is 12.5. The Morgan fingerprint density at radius 3 is 2.73 bits per heavy atom. The number of benzene rings is 1. The molecule has 0 amide bonds. The predicted molar refractivity (Wildman–Crippen MR) is 98.8 cm³/mol. The van der Waals surface area contributed by atoms with Crippen LogP contribution in [-0.4, -0.2) is 39.0 Å². The van der Waals surface area contributed by atoms with Gasteiger partial charge < -0.3 is 10.1 Å². The van der Waals surface area contributed by atoms with Crippen molar-refractivity contribution in [1.29, 1.82) is 0 Å². The molecule has 0 saturated heterocycles. The maximum absolute atomic E-state index is 13.1. The maximum Gasteiger partial charge on any atom is 0.317 e. The Hall–Kier alpha value is -2.58. The van der Waals surface area contributed by atoms with Crippen LogP contribution < -0.4 is 5.56 Å². The fraction of sp³-hybridized carbons (Fsp3) is 0.278. The van der Waals surface area contributed by atoms with Crippen LogP contribution in [0.15, 0.2) is 35.1 Å². The van der Waals surface area contributed by atoms with Gasteiger partial charge in [0.2, 0.25) is 0 Å². The molecule has 0 aliphatic rings. The van der Waals surface area contributed by atoms with Crippen LogP contribution in [0.3, 0.4) is 0 Å². The van der Waals surface area contributed by atoms with Crippen molar-refractivity contribution < 1.29 is 14.3 Å². The van der Waals surface area contributed by atoms with Gasteiger partial charge in [0, 0.05) is 4.88 Å². The molecular formula is C18H18FN3O3S. The Bertz CT molecular complexity index is 982. The van der Waals surface area contributed by atoms with E-state index in [0.29, 0.717) is 22.6 Å². The van der Waals surface area contributed by atoms with Crippen molar-refractivity contribution in [3.63, 3.8) is 0 Å². The highest BCUT2D eigenvalue weighted by Gasteiger charge is 2.14. The molecule has 136 valence electrons. The van der Waals surface area contributed by atoms with Gasteiger partial charge in [-0.3, -0.25) is 14.5 Å². The molecule has 3 aromatic rings. The second-order valence-electron chi connectivity index (χ2n) is 5.95. The molecule has 2 N–H and O–H groups in total. The summed E-state index contributed by atoms with van der Waals surface area (Å²) in [6, 6.07) is 7.86. The van der Waals surface area contributed by atoms with E-state index in [1.54, 1.807) is 23.1 Å². The summed E-state index contributed by atoms with van der Waals surface area (Å²) in [5.41, 5.74) is 1.11. The van der Waals surface area contributed by atoms with Crippen molar-refractivity contribution in [3.8, 4) is 10.4 Å². The summed E-state index contributed by atoms with van der Waals surface area (Å²) in [6.45, 7) is 2.70. The standard InChI is InChI=1S/C18H18FN3O3S/c1-2-7-22(10-16(23)24)9-15-20-13-8-14(26-17(13)18(25)21-15)11-3-5-12(19)6-4-11/h3-6,8H,2,7,9-10H2,1H3,(H,23,24)(H,20,21,25). The second-order valence-corrected chi connectivity index (χ2v) is 7.00. The minimum atomic E-state index is -0.920. The van der Waals surface area contributed by atoms with Crippen molar-refractivity contribution in [2.45, 2.75) is 19.9 Å². The lowest BCUT2D eigenvalue weighted by atomic mass is 10.2. The van der Waals surface area contributed by atoms with E-state index in [9.17, 15) is 14.0 Å². The van der Waals surface area contributed by atoms with Gasteiger partial charge in [0.1, 0.15) is 16.3 Å². The molecule has 0 fully saturated rings. The number of carboxylic acids is 1. The molecule has 0 atom stereocenters. The topological polar surface area (TPSA) is 86.3 Å². The van der Waals surface area contributed by atoms with Gasteiger partial charge >= 0.3 is 5.97 Å². The van der Waals surface area contributed by atoms with E-state index >= 15 is 0 Å². The number of hydrogen-bond acceptors (Lipinski definition) is 5. The number of carbonyl (C=O) groups is 1. The number of nitrogens with zero attached hydrogens (tertiary/aromatic N) is 2. The van der Waals surface area contributed by atoms with Crippen LogP contribution in [0.4, 0.5) is 4.39 Å². The van der Waals surface area contributed by atoms with Crippen molar-refractivity contribution >= 4 is 27.5 Å². The van der Waals surface area contributed by atoms with E-state index in [0.717, 1.165) is 16.9 Å². The summed E-state index contributed by atoms with van der Waals surface area (Å²) < 4.78 is 13.6. The lowest BCUT2D eigenvalue weighted by Gasteiger charge is -2.18. The van der Waals surface area contributed by atoms with E-state index in [-0.39, 0.29) is 24.5 Å². The van der Waals surface area contributed by atoms with Crippen LogP contribution in [0.2, 0.25) is 0 Å².